The van der Waals surface area contributed by atoms with Gasteiger partial charge in [0.25, 0.3) is 0 Å². The minimum Gasteiger partial charge on any atom is -0.435 e. The van der Waals surface area contributed by atoms with Crippen LogP contribution < -0.4 is 14.5 Å². The second-order valence-electron chi connectivity index (χ2n) is 10.5. The maximum absolute atomic E-state index is 13.8. The maximum Gasteiger partial charge on any atom is 0.416 e. The lowest BCUT2D eigenvalue weighted by Crippen LogP contribution is -2.45. The number of para-hydroxylation sites is 1. The van der Waals surface area contributed by atoms with Gasteiger partial charge in [0.2, 0.25) is 17.7 Å². The zero-order chi connectivity index (χ0) is 31.0. The first kappa shape index (κ1) is 31.4. The van der Waals surface area contributed by atoms with Gasteiger partial charge in [0.1, 0.15) is 11.4 Å². The highest BCUT2D eigenvalue weighted by atomic mass is 35.5. The summed E-state index contributed by atoms with van der Waals surface area (Å²) in [4.78, 5) is 27.8. The monoisotopic (exact) mass is 615 g/mol. The van der Waals surface area contributed by atoms with Gasteiger partial charge in [0.05, 0.1) is 27.8 Å². The van der Waals surface area contributed by atoms with Crippen molar-refractivity contribution in [3.63, 3.8) is 0 Å². The van der Waals surface area contributed by atoms with E-state index in [-0.39, 0.29) is 28.4 Å². The molecule has 1 aromatic heterocycles. The van der Waals surface area contributed by atoms with E-state index < -0.39 is 40.4 Å². The number of likely N-dealkylation sites (N-methyl/N-ethyl adjacent to an activating group) is 2. The van der Waals surface area contributed by atoms with Crippen LogP contribution in [-0.4, -0.2) is 61.0 Å². The molecule has 1 fully saturated rings. The number of nitrogens with zero attached hydrogens (tertiary/aromatic N) is 5. The van der Waals surface area contributed by atoms with E-state index in [1.54, 1.807) is 24.3 Å². The lowest BCUT2D eigenvalue weighted by molar-refractivity contribution is -0.143. The number of aromatic nitrogens is 2. The number of halogens is 7. The van der Waals surface area contributed by atoms with Crippen molar-refractivity contribution in [2.24, 2.45) is 0 Å². The summed E-state index contributed by atoms with van der Waals surface area (Å²) in [6.07, 6.45) is -8.80. The third kappa shape index (κ3) is 6.73. The average Bonchev–Trinajstić information content (AvgIpc) is 2.92. The number of carbonyl (C=O) groups excluding carboxylic acids is 1. The van der Waals surface area contributed by atoms with Crippen molar-refractivity contribution < 1.29 is 35.9 Å². The molecule has 0 saturated carbocycles. The van der Waals surface area contributed by atoms with Crippen LogP contribution in [0.2, 0.25) is 5.02 Å². The van der Waals surface area contributed by atoms with Crippen molar-refractivity contribution in [2.45, 2.75) is 31.6 Å². The minimum absolute atomic E-state index is 0.0221. The second-order valence-corrected chi connectivity index (χ2v) is 10.9. The maximum atomic E-state index is 13.8. The Bertz CT molecular complexity index is 1420. The lowest BCUT2D eigenvalue weighted by atomic mass is 9.81. The van der Waals surface area contributed by atoms with E-state index in [9.17, 15) is 31.1 Å². The summed E-state index contributed by atoms with van der Waals surface area (Å²) in [6, 6.07) is 7.65. The highest BCUT2D eigenvalue weighted by Crippen LogP contribution is 2.41. The molecule has 2 aromatic carbocycles. The zero-order valence-electron chi connectivity index (χ0n) is 23.1. The molecule has 0 aliphatic carbocycles. The van der Waals surface area contributed by atoms with Gasteiger partial charge < -0.3 is 19.4 Å². The van der Waals surface area contributed by atoms with Crippen molar-refractivity contribution in [1.82, 2.24) is 14.9 Å². The first-order chi connectivity index (χ1) is 19.5. The van der Waals surface area contributed by atoms with Crippen LogP contribution in [0.1, 0.15) is 30.5 Å². The molecule has 3 aromatic rings. The number of anilines is 2. The number of hydrogen-bond donors (Lipinski definition) is 0. The molecule has 0 unspecified atom stereocenters. The third-order valence-electron chi connectivity index (χ3n) is 7.06. The fourth-order valence-corrected chi connectivity index (χ4v) is 4.59. The molecule has 1 amide bonds. The van der Waals surface area contributed by atoms with E-state index in [0.717, 1.165) is 18.0 Å². The van der Waals surface area contributed by atoms with Gasteiger partial charge in [-0.2, -0.15) is 31.3 Å². The highest BCUT2D eigenvalue weighted by molar-refractivity contribution is 6.32. The Hall–Kier alpha value is -3.58. The van der Waals surface area contributed by atoms with E-state index in [2.05, 4.69) is 14.9 Å². The normalized spacial score (nSPS) is 15.1. The van der Waals surface area contributed by atoms with Crippen LogP contribution in [0.15, 0.2) is 48.7 Å². The van der Waals surface area contributed by atoms with Gasteiger partial charge in [-0.15, -0.1) is 0 Å². The summed E-state index contributed by atoms with van der Waals surface area (Å²) in [7, 11) is 3.30. The van der Waals surface area contributed by atoms with E-state index >= 15 is 0 Å². The van der Waals surface area contributed by atoms with Gasteiger partial charge >= 0.3 is 12.4 Å². The number of hydrogen-bond acceptors (Lipinski definition) is 6. The van der Waals surface area contributed by atoms with Crippen LogP contribution in [-0.2, 0) is 22.6 Å². The molecule has 1 saturated heterocycles. The summed E-state index contributed by atoms with van der Waals surface area (Å²) in [5.74, 6) is -0.355. The highest BCUT2D eigenvalue weighted by Gasteiger charge is 2.41. The molecule has 1 aliphatic heterocycles. The Morgan fingerprint density at radius 2 is 1.48 bits per heavy atom. The van der Waals surface area contributed by atoms with Gasteiger partial charge in [-0.3, -0.25) is 4.79 Å². The number of benzene rings is 2. The molecule has 0 N–H and O–H groups in total. The molecule has 42 heavy (non-hydrogen) atoms. The van der Waals surface area contributed by atoms with Crippen molar-refractivity contribution in [2.75, 3.05) is 50.1 Å². The third-order valence-corrected chi connectivity index (χ3v) is 7.37. The van der Waals surface area contributed by atoms with Crippen molar-refractivity contribution in [3.05, 3.63) is 70.4 Å². The van der Waals surface area contributed by atoms with Gasteiger partial charge in [-0.25, -0.2) is 4.98 Å². The summed E-state index contributed by atoms with van der Waals surface area (Å²) < 4.78 is 87.2. The number of carbonyl (C=O) groups is 1. The van der Waals surface area contributed by atoms with E-state index in [0.29, 0.717) is 31.2 Å². The topological polar surface area (TPSA) is 61.8 Å². The molecule has 0 atom stereocenters. The molecule has 226 valence electrons. The Morgan fingerprint density at radius 3 is 2.02 bits per heavy atom. The van der Waals surface area contributed by atoms with E-state index in [4.69, 9.17) is 16.3 Å². The average molecular weight is 616 g/mol. The van der Waals surface area contributed by atoms with Crippen molar-refractivity contribution >= 4 is 29.1 Å². The van der Waals surface area contributed by atoms with E-state index in [1.165, 1.54) is 27.1 Å². The fourth-order valence-electron chi connectivity index (χ4n) is 4.41. The molecular weight excluding hydrogens is 588 g/mol. The molecule has 4 rings (SSSR count). The Labute approximate surface area is 243 Å². The molecule has 2 heterocycles. The van der Waals surface area contributed by atoms with E-state index in [1.807, 2.05) is 11.9 Å². The molecule has 1 aliphatic rings. The Morgan fingerprint density at radius 1 is 0.929 bits per heavy atom. The first-order valence-corrected chi connectivity index (χ1v) is 13.2. The largest absolute Gasteiger partial charge is 0.435 e. The second kappa shape index (κ2) is 11.6. The lowest BCUT2D eigenvalue weighted by Gasteiger charge is -2.33. The summed E-state index contributed by atoms with van der Waals surface area (Å²) in [5.41, 5.74) is -5.30. The SMILES string of the molecule is CN1CCN(c2ncc(N(C)C(=O)C(C)(C)c3cc(C(F)(F)F)cc(C(F)(F)F)c3)c(Oc3ccccc3Cl)n2)CC1. The first-order valence-electron chi connectivity index (χ1n) is 12.8. The summed E-state index contributed by atoms with van der Waals surface area (Å²) >= 11 is 6.28. The number of amides is 1. The number of ether oxygens (including phenoxy) is 1. The van der Waals surface area contributed by atoms with Crippen molar-refractivity contribution in [3.8, 4) is 11.6 Å². The molecule has 0 bridgehead atoms. The van der Waals surface area contributed by atoms with Crippen molar-refractivity contribution in [1.29, 1.82) is 0 Å². The summed E-state index contributed by atoms with van der Waals surface area (Å²) in [6.45, 7) is 5.26. The summed E-state index contributed by atoms with van der Waals surface area (Å²) in [5, 5.41) is 0.251. The smallest absolute Gasteiger partial charge is 0.416 e. The molecule has 0 radical (unpaired) electrons. The van der Waals surface area contributed by atoms with Gasteiger partial charge in [0, 0.05) is 33.2 Å². The molecular formula is C28H28ClF6N5O2. The number of piperazine rings is 1. The van der Waals surface area contributed by atoms with Crippen LogP contribution in [0.5, 0.6) is 11.6 Å². The van der Waals surface area contributed by atoms with Gasteiger partial charge in [0.15, 0.2) is 0 Å². The molecule has 0 spiro atoms. The standard InChI is InChI=1S/C28H28ClF6N5O2/c1-26(2,17-13-18(27(30,31)32)15-19(14-17)28(33,34)35)24(41)39(4)21-16-36-25(40-11-9-38(3)10-12-40)37-23(21)42-22-8-6-5-7-20(22)29/h5-8,13-16H,9-12H2,1-4H3. The Kier molecular flexibility index (Phi) is 8.66. The van der Waals surface area contributed by atoms with Crippen LogP contribution in [0.25, 0.3) is 0 Å². The predicted molar refractivity (Wildman–Crippen MR) is 146 cm³/mol. The zero-order valence-corrected chi connectivity index (χ0v) is 23.9. The van der Waals surface area contributed by atoms with Crippen LogP contribution >= 0.6 is 11.6 Å². The van der Waals surface area contributed by atoms with Crippen LogP contribution in [0, 0.1) is 0 Å². The van der Waals surface area contributed by atoms with Crippen LogP contribution in [0.3, 0.4) is 0 Å². The molecule has 14 heteroatoms. The minimum atomic E-state index is -5.07. The van der Waals surface area contributed by atoms with Crippen LogP contribution in [0.4, 0.5) is 38.0 Å². The quantitative estimate of drug-likeness (QED) is 0.289. The van der Waals surface area contributed by atoms with Gasteiger partial charge in [-0.1, -0.05) is 23.7 Å². The van der Waals surface area contributed by atoms with Gasteiger partial charge in [-0.05, 0) is 56.8 Å². The molecule has 7 nitrogen and oxygen atoms in total. The predicted octanol–water partition coefficient (Wildman–Crippen LogP) is 6.65. The fraction of sp³-hybridized carbons (Fsp3) is 0.393. The Balaban J connectivity index is 1.76. The number of rotatable bonds is 6. The number of alkyl halides is 6.